The number of carboxylic acid groups (broad SMARTS) is 2. The summed E-state index contributed by atoms with van der Waals surface area (Å²) in [5, 5.41) is 23.1. The molecule has 0 spiro atoms. The topological polar surface area (TPSA) is 89.9 Å². The Bertz CT molecular complexity index is 931. The van der Waals surface area contributed by atoms with Gasteiger partial charge in [-0.15, -0.1) is 0 Å². The van der Waals surface area contributed by atoms with E-state index in [1.54, 1.807) is 0 Å². The van der Waals surface area contributed by atoms with E-state index in [1.807, 2.05) is 29.2 Å². The number of nitrogens with one attached hydrogen (secondary N) is 1. The van der Waals surface area contributed by atoms with Crippen LogP contribution >= 0.6 is 23.8 Å². The maximum Gasteiger partial charge on any atom is 0.336 e. The lowest BCUT2D eigenvalue weighted by atomic mass is 9.93. The second-order valence-corrected chi connectivity index (χ2v) is 7.38. The molecule has 0 bridgehead atoms. The van der Waals surface area contributed by atoms with Crippen molar-refractivity contribution in [2.75, 3.05) is 13.1 Å². The molecule has 1 aliphatic rings. The highest BCUT2D eigenvalue weighted by Crippen LogP contribution is 2.24. The molecule has 0 aliphatic carbocycles. The van der Waals surface area contributed by atoms with Crippen molar-refractivity contribution in [1.82, 2.24) is 10.2 Å². The molecule has 0 radical (unpaired) electrons. The van der Waals surface area contributed by atoms with Gasteiger partial charge in [-0.1, -0.05) is 23.7 Å². The lowest BCUT2D eigenvalue weighted by Gasteiger charge is -2.31. The molecule has 1 aliphatic heterocycles. The number of nitrogens with zero attached hydrogens (tertiary/aromatic N) is 1. The van der Waals surface area contributed by atoms with E-state index in [9.17, 15) is 19.8 Å². The summed E-state index contributed by atoms with van der Waals surface area (Å²) in [5.74, 6) is -2.48. The van der Waals surface area contributed by atoms with Crippen LogP contribution in [0.15, 0.2) is 36.4 Å². The highest BCUT2D eigenvalue weighted by atomic mass is 35.5. The Morgan fingerprint density at radius 1 is 1.07 bits per heavy atom. The van der Waals surface area contributed by atoms with E-state index in [1.165, 1.54) is 12.1 Å². The first-order chi connectivity index (χ1) is 13.3. The Morgan fingerprint density at radius 3 is 2.29 bits per heavy atom. The molecule has 3 rings (SSSR count). The normalized spacial score (nSPS) is 13.0. The molecular weight excluding hydrogens is 400 g/mol. The van der Waals surface area contributed by atoms with Crippen molar-refractivity contribution in [3.63, 3.8) is 0 Å². The number of thiocarbonyl (C=S) groups is 1. The Hall–Kier alpha value is -2.64. The van der Waals surface area contributed by atoms with Gasteiger partial charge in [0, 0.05) is 24.7 Å². The highest BCUT2D eigenvalue weighted by molar-refractivity contribution is 7.80. The van der Waals surface area contributed by atoms with Crippen LogP contribution in [0, 0.1) is 0 Å². The second-order valence-electron chi connectivity index (χ2n) is 6.56. The van der Waals surface area contributed by atoms with Gasteiger partial charge in [-0.05, 0) is 66.0 Å². The largest absolute Gasteiger partial charge is 0.478 e. The molecule has 0 saturated heterocycles. The zero-order valence-corrected chi connectivity index (χ0v) is 16.5. The van der Waals surface area contributed by atoms with E-state index in [2.05, 4.69) is 5.32 Å². The number of halogens is 1. The molecule has 6 nitrogen and oxygen atoms in total. The van der Waals surface area contributed by atoms with Crippen LogP contribution in [0.4, 0.5) is 0 Å². The molecule has 28 heavy (non-hydrogen) atoms. The average molecular weight is 419 g/mol. The first-order valence-corrected chi connectivity index (χ1v) is 9.53. The molecule has 8 heteroatoms. The van der Waals surface area contributed by atoms with Crippen molar-refractivity contribution in [3.05, 3.63) is 69.2 Å². The van der Waals surface area contributed by atoms with Gasteiger partial charge in [0.2, 0.25) is 0 Å². The summed E-state index contributed by atoms with van der Waals surface area (Å²) in [6.45, 7) is 1.76. The van der Waals surface area contributed by atoms with Crippen LogP contribution in [0.25, 0.3) is 0 Å². The fourth-order valence-corrected chi connectivity index (χ4v) is 3.60. The van der Waals surface area contributed by atoms with Gasteiger partial charge in [0.1, 0.15) is 0 Å². The first kappa shape index (κ1) is 20.1. The zero-order chi connectivity index (χ0) is 20.3. The summed E-state index contributed by atoms with van der Waals surface area (Å²) in [7, 11) is 0. The number of hydrogen-bond acceptors (Lipinski definition) is 3. The van der Waals surface area contributed by atoms with Gasteiger partial charge >= 0.3 is 11.9 Å². The number of carbonyl (C=O) groups is 2. The molecule has 0 unspecified atom stereocenters. The summed E-state index contributed by atoms with van der Waals surface area (Å²) in [4.78, 5) is 24.7. The Morgan fingerprint density at radius 2 is 1.68 bits per heavy atom. The zero-order valence-electron chi connectivity index (χ0n) is 14.9. The SMILES string of the molecule is O=C(O)c1cc2c(cc1C(=O)O)CN(C(=S)NCCc1ccc(Cl)cc1)CC2. The molecule has 0 aromatic heterocycles. The third-order valence-corrected chi connectivity index (χ3v) is 5.36. The molecule has 0 amide bonds. The number of aromatic carboxylic acids is 2. The predicted molar refractivity (Wildman–Crippen MR) is 110 cm³/mol. The maximum atomic E-state index is 11.4. The van der Waals surface area contributed by atoms with Crippen molar-refractivity contribution < 1.29 is 19.8 Å². The third kappa shape index (κ3) is 4.61. The van der Waals surface area contributed by atoms with Crippen LogP contribution in [0.5, 0.6) is 0 Å². The summed E-state index contributed by atoms with van der Waals surface area (Å²) in [6, 6.07) is 10.6. The van der Waals surface area contributed by atoms with Gasteiger partial charge in [-0.3, -0.25) is 0 Å². The maximum absolute atomic E-state index is 11.4. The van der Waals surface area contributed by atoms with E-state index in [4.69, 9.17) is 23.8 Å². The van der Waals surface area contributed by atoms with E-state index < -0.39 is 11.9 Å². The highest BCUT2D eigenvalue weighted by Gasteiger charge is 2.24. The minimum absolute atomic E-state index is 0.177. The standard InChI is InChI=1S/C20H19ClN2O4S/c21-15-3-1-12(2-4-15)5-7-22-20(28)23-8-6-13-9-16(18(24)25)17(19(26)27)10-14(13)11-23/h1-4,9-10H,5-8,11H2,(H,22,28)(H,24,25)(H,26,27). The van der Waals surface area contributed by atoms with Gasteiger partial charge in [-0.2, -0.15) is 0 Å². The lowest BCUT2D eigenvalue weighted by Crippen LogP contribution is -2.43. The van der Waals surface area contributed by atoms with Gasteiger partial charge in [0.05, 0.1) is 11.1 Å². The predicted octanol–water partition coefficient (Wildman–Crippen LogP) is 3.21. The number of rotatable bonds is 5. The van der Waals surface area contributed by atoms with E-state index in [0.29, 0.717) is 36.2 Å². The van der Waals surface area contributed by atoms with Crippen LogP contribution in [-0.4, -0.2) is 45.3 Å². The van der Waals surface area contributed by atoms with E-state index in [0.717, 1.165) is 23.1 Å². The number of benzene rings is 2. The van der Waals surface area contributed by atoms with Crippen molar-refractivity contribution in [2.24, 2.45) is 0 Å². The number of fused-ring (bicyclic) bond motifs is 1. The molecule has 146 valence electrons. The summed E-state index contributed by atoms with van der Waals surface area (Å²) in [6.07, 6.45) is 1.40. The van der Waals surface area contributed by atoms with E-state index >= 15 is 0 Å². The summed E-state index contributed by atoms with van der Waals surface area (Å²) < 4.78 is 0. The number of carboxylic acids is 2. The fraction of sp³-hybridized carbons (Fsp3) is 0.250. The number of hydrogen-bond donors (Lipinski definition) is 3. The van der Waals surface area contributed by atoms with Crippen molar-refractivity contribution in [1.29, 1.82) is 0 Å². The van der Waals surface area contributed by atoms with Crippen LogP contribution in [0.2, 0.25) is 5.02 Å². The summed E-state index contributed by atoms with van der Waals surface area (Å²) >= 11 is 11.4. The summed E-state index contributed by atoms with van der Waals surface area (Å²) in [5.41, 5.74) is 2.41. The first-order valence-electron chi connectivity index (χ1n) is 8.74. The van der Waals surface area contributed by atoms with Crippen LogP contribution < -0.4 is 5.32 Å². The van der Waals surface area contributed by atoms with Gasteiger partial charge < -0.3 is 20.4 Å². The van der Waals surface area contributed by atoms with Crippen molar-refractivity contribution >= 4 is 40.9 Å². The van der Waals surface area contributed by atoms with Gasteiger partial charge in [0.15, 0.2) is 5.11 Å². The molecule has 0 fully saturated rings. The van der Waals surface area contributed by atoms with Gasteiger partial charge in [0.25, 0.3) is 0 Å². The van der Waals surface area contributed by atoms with Crippen molar-refractivity contribution in [2.45, 2.75) is 19.4 Å². The smallest absolute Gasteiger partial charge is 0.336 e. The van der Waals surface area contributed by atoms with Gasteiger partial charge in [-0.25, -0.2) is 9.59 Å². The minimum atomic E-state index is -1.25. The Kier molecular flexibility index (Phi) is 6.16. The molecule has 0 atom stereocenters. The Balaban J connectivity index is 1.64. The molecule has 3 N–H and O–H groups in total. The monoisotopic (exact) mass is 418 g/mol. The third-order valence-electron chi connectivity index (χ3n) is 4.70. The average Bonchev–Trinajstić information content (AvgIpc) is 2.67. The minimum Gasteiger partial charge on any atom is -0.478 e. The van der Waals surface area contributed by atoms with Crippen LogP contribution in [0.3, 0.4) is 0 Å². The molecule has 2 aromatic rings. The van der Waals surface area contributed by atoms with Crippen molar-refractivity contribution in [3.8, 4) is 0 Å². The molecule has 1 heterocycles. The lowest BCUT2D eigenvalue weighted by molar-refractivity contribution is 0.0651. The fourth-order valence-electron chi connectivity index (χ4n) is 3.21. The van der Waals surface area contributed by atoms with E-state index in [-0.39, 0.29) is 11.1 Å². The molecule has 2 aromatic carbocycles. The van der Waals surface area contributed by atoms with Crippen LogP contribution in [0.1, 0.15) is 37.4 Å². The quantitative estimate of drug-likeness (QED) is 0.642. The second kappa shape index (κ2) is 8.58. The molecule has 0 saturated carbocycles. The Labute approximate surface area is 172 Å². The van der Waals surface area contributed by atoms with Crippen LogP contribution in [-0.2, 0) is 19.4 Å². The molecular formula is C20H19ClN2O4S.